The van der Waals surface area contributed by atoms with Crippen molar-refractivity contribution in [3.05, 3.63) is 65.2 Å². The number of rotatable bonds is 9. The number of imidazole rings is 1. The molecule has 0 bridgehead atoms. The number of aryl methyl sites for hydroxylation is 1. The molecule has 2 aromatic carbocycles. The van der Waals surface area contributed by atoms with E-state index in [9.17, 15) is 18.0 Å². The standard InChI is InChI=1S/C23H26F3N3O/c1-3-5-6-12-28(23(30)16-7-9-18(25)19(26)13-16)15-22-27-20-10-8-17(24)14-21(20)29(22)11-4-2/h7-10,13-14H,3-6,11-12,15H2,1-2H3. The highest BCUT2D eigenvalue weighted by Gasteiger charge is 2.21. The van der Waals surface area contributed by atoms with Crippen molar-refractivity contribution in [3.8, 4) is 0 Å². The van der Waals surface area contributed by atoms with Crippen molar-refractivity contribution < 1.29 is 18.0 Å². The van der Waals surface area contributed by atoms with E-state index in [-0.39, 0.29) is 23.8 Å². The predicted octanol–water partition coefficient (Wildman–Crippen LogP) is 5.70. The smallest absolute Gasteiger partial charge is 0.254 e. The van der Waals surface area contributed by atoms with E-state index >= 15 is 0 Å². The molecule has 0 aliphatic heterocycles. The van der Waals surface area contributed by atoms with Crippen LogP contribution in [0.25, 0.3) is 11.0 Å². The average Bonchev–Trinajstić information content (AvgIpc) is 3.05. The molecule has 0 aliphatic rings. The van der Waals surface area contributed by atoms with Gasteiger partial charge in [0.15, 0.2) is 11.6 Å². The second-order valence-corrected chi connectivity index (χ2v) is 7.38. The zero-order chi connectivity index (χ0) is 21.7. The van der Waals surface area contributed by atoms with Crippen molar-refractivity contribution in [2.24, 2.45) is 0 Å². The van der Waals surface area contributed by atoms with Gasteiger partial charge < -0.3 is 9.47 Å². The molecule has 0 saturated heterocycles. The SMILES string of the molecule is CCCCCN(Cc1nc2ccc(F)cc2n1CCC)C(=O)c1ccc(F)c(F)c1. The van der Waals surface area contributed by atoms with Crippen LogP contribution in [0.2, 0.25) is 0 Å². The Bertz CT molecular complexity index is 1030. The number of hydrogen-bond acceptors (Lipinski definition) is 2. The Morgan fingerprint density at radius 3 is 2.50 bits per heavy atom. The average molecular weight is 417 g/mol. The molecule has 0 aliphatic carbocycles. The predicted molar refractivity (Wildman–Crippen MR) is 111 cm³/mol. The molecule has 1 aromatic heterocycles. The first kappa shape index (κ1) is 21.9. The summed E-state index contributed by atoms with van der Waals surface area (Å²) in [7, 11) is 0. The number of hydrogen-bond donors (Lipinski definition) is 0. The molecule has 0 fully saturated rings. The van der Waals surface area contributed by atoms with E-state index in [1.54, 1.807) is 11.0 Å². The van der Waals surface area contributed by atoms with Gasteiger partial charge in [0, 0.05) is 18.7 Å². The zero-order valence-corrected chi connectivity index (χ0v) is 17.3. The summed E-state index contributed by atoms with van der Waals surface area (Å²) in [4.78, 5) is 19.3. The maximum Gasteiger partial charge on any atom is 0.254 e. The first-order valence-electron chi connectivity index (χ1n) is 10.3. The van der Waals surface area contributed by atoms with Crippen molar-refractivity contribution >= 4 is 16.9 Å². The number of unbranched alkanes of at least 4 members (excludes halogenated alkanes) is 2. The molecule has 3 aromatic rings. The largest absolute Gasteiger partial charge is 0.331 e. The molecule has 160 valence electrons. The summed E-state index contributed by atoms with van der Waals surface area (Å²) < 4.78 is 42.7. The van der Waals surface area contributed by atoms with Gasteiger partial charge >= 0.3 is 0 Å². The van der Waals surface area contributed by atoms with Crippen molar-refractivity contribution in [1.82, 2.24) is 14.5 Å². The molecule has 0 saturated carbocycles. The first-order chi connectivity index (χ1) is 14.4. The highest BCUT2D eigenvalue weighted by molar-refractivity contribution is 5.94. The van der Waals surface area contributed by atoms with Crippen LogP contribution in [0.4, 0.5) is 13.2 Å². The van der Waals surface area contributed by atoms with Crippen molar-refractivity contribution in [2.45, 2.75) is 52.6 Å². The lowest BCUT2D eigenvalue weighted by Gasteiger charge is -2.23. The van der Waals surface area contributed by atoms with Gasteiger partial charge in [-0.1, -0.05) is 26.7 Å². The second kappa shape index (κ2) is 9.78. The fourth-order valence-electron chi connectivity index (χ4n) is 3.53. The minimum absolute atomic E-state index is 0.0922. The molecule has 0 N–H and O–H groups in total. The number of nitrogens with zero attached hydrogens (tertiary/aromatic N) is 3. The Morgan fingerprint density at radius 2 is 1.80 bits per heavy atom. The second-order valence-electron chi connectivity index (χ2n) is 7.38. The number of benzene rings is 2. The summed E-state index contributed by atoms with van der Waals surface area (Å²) >= 11 is 0. The lowest BCUT2D eigenvalue weighted by molar-refractivity contribution is 0.0733. The van der Waals surface area contributed by atoms with Crippen LogP contribution in [-0.4, -0.2) is 26.9 Å². The fourth-order valence-corrected chi connectivity index (χ4v) is 3.53. The Labute approximate surface area is 174 Å². The molecule has 1 amide bonds. The Balaban J connectivity index is 1.95. The van der Waals surface area contributed by atoms with Crippen LogP contribution in [0.3, 0.4) is 0 Å². The number of carbonyl (C=O) groups excluding carboxylic acids is 1. The van der Waals surface area contributed by atoms with Crippen LogP contribution in [0.15, 0.2) is 36.4 Å². The van der Waals surface area contributed by atoms with Gasteiger partial charge in [-0.2, -0.15) is 0 Å². The molecule has 7 heteroatoms. The Hall–Kier alpha value is -2.83. The minimum Gasteiger partial charge on any atom is -0.331 e. The number of fused-ring (bicyclic) bond motifs is 1. The third-order valence-corrected chi connectivity index (χ3v) is 5.05. The molecule has 4 nitrogen and oxygen atoms in total. The summed E-state index contributed by atoms with van der Waals surface area (Å²) in [5.41, 5.74) is 1.43. The normalized spacial score (nSPS) is 11.2. The van der Waals surface area contributed by atoms with Crippen LogP contribution in [-0.2, 0) is 13.1 Å². The van der Waals surface area contributed by atoms with Gasteiger partial charge in [0.2, 0.25) is 0 Å². The molecule has 0 radical (unpaired) electrons. The van der Waals surface area contributed by atoms with Gasteiger partial charge in [0.25, 0.3) is 5.91 Å². The van der Waals surface area contributed by atoms with Crippen LogP contribution in [0.1, 0.15) is 55.7 Å². The van der Waals surface area contributed by atoms with E-state index in [0.717, 1.165) is 37.8 Å². The summed E-state index contributed by atoms with van der Waals surface area (Å²) in [6.07, 6.45) is 3.54. The van der Waals surface area contributed by atoms with Crippen LogP contribution in [0, 0.1) is 17.5 Å². The van der Waals surface area contributed by atoms with Crippen molar-refractivity contribution in [1.29, 1.82) is 0 Å². The van der Waals surface area contributed by atoms with Gasteiger partial charge in [0.05, 0.1) is 17.6 Å². The third kappa shape index (κ3) is 4.83. The van der Waals surface area contributed by atoms with Gasteiger partial charge in [0.1, 0.15) is 11.6 Å². The highest BCUT2D eigenvalue weighted by Crippen LogP contribution is 2.21. The molecule has 3 rings (SSSR count). The number of amides is 1. The highest BCUT2D eigenvalue weighted by atomic mass is 19.2. The fraction of sp³-hybridized carbons (Fsp3) is 0.391. The van der Waals surface area contributed by atoms with E-state index in [1.165, 1.54) is 18.2 Å². The first-order valence-corrected chi connectivity index (χ1v) is 10.3. The van der Waals surface area contributed by atoms with E-state index in [0.29, 0.717) is 29.9 Å². The monoisotopic (exact) mass is 417 g/mol. The molecule has 1 heterocycles. The summed E-state index contributed by atoms with van der Waals surface area (Å²) in [6, 6.07) is 7.61. The van der Waals surface area contributed by atoms with Crippen LogP contribution < -0.4 is 0 Å². The van der Waals surface area contributed by atoms with Crippen molar-refractivity contribution in [2.75, 3.05) is 6.54 Å². The van der Waals surface area contributed by atoms with E-state index in [2.05, 4.69) is 11.9 Å². The minimum atomic E-state index is -1.05. The maximum absolute atomic E-state index is 13.8. The van der Waals surface area contributed by atoms with E-state index < -0.39 is 11.6 Å². The third-order valence-electron chi connectivity index (χ3n) is 5.05. The Morgan fingerprint density at radius 1 is 1.00 bits per heavy atom. The van der Waals surface area contributed by atoms with E-state index in [1.807, 2.05) is 11.5 Å². The molecular weight excluding hydrogens is 391 g/mol. The van der Waals surface area contributed by atoms with E-state index in [4.69, 9.17) is 0 Å². The molecule has 0 unspecified atom stereocenters. The topological polar surface area (TPSA) is 38.1 Å². The number of carbonyl (C=O) groups is 1. The Kier molecular flexibility index (Phi) is 7.13. The number of halogens is 3. The van der Waals surface area contributed by atoms with Crippen molar-refractivity contribution in [3.63, 3.8) is 0 Å². The summed E-state index contributed by atoms with van der Waals surface area (Å²) in [6.45, 7) is 5.39. The lowest BCUT2D eigenvalue weighted by atomic mass is 10.1. The summed E-state index contributed by atoms with van der Waals surface area (Å²) in [5.74, 6) is -2.13. The molecule has 0 spiro atoms. The number of aromatic nitrogens is 2. The maximum atomic E-state index is 13.8. The zero-order valence-electron chi connectivity index (χ0n) is 17.3. The van der Waals surface area contributed by atoms with Crippen LogP contribution >= 0.6 is 0 Å². The molecule has 0 atom stereocenters. The molecule has 30 heavy (non-hydrogen) atoms. The van der Waals surface area contributed by atoms with Crippen LogP contribution in [0.5, 0.6) is 0 Å². The summed E-state index contributed by atoms with van der Waals surface area (Å²) in [5, 5.41) is 0. The van der Waals surface area contributed by atoms with Gasteiger partial charge in [-0.3, -0.25) is 4.79 Å². The lowest BCUT2D eigenvalue weighted by Crippen LogP contribution is -2.33. The quantitative estimate of drug-likeness (QED) is 0.419. The van der Waals surface area contributed by atoms with Gasteiger partial charge in [-0.15, -0.1) is 0 Å². The van der Waals surface area contributed by atoms with Gasteiger partial charge in [-0.05, 0) is 49.2 Å². The van der Waals surface area contributed by atoms with Gasteiger partial charge in [-0.25, -0.2) is 18.2 Å². The molecular formula is C23H26F3N3O.